The lowest BCUT2D eigenvalue weighted by atomic mass is 10.1. The standard InChI is InChI=1S/C28H26N2O6S/c1-16-9-17(2)11-19(10-16)15-30-27(33)25(37-28(30)34)13-18-5-7-22(31)21(12-18)26(32)29-20-6-8-23(35-3)24(14-20)36-4/h5-14,31H,15H2,1-4H3,(H,29,32)/b25-13+. The van der Waals surface area contributed by atoms with Crippen LogP contribution < -0.4 is 14.8 Å². The van der Waals surface area contributed by atoms with Crippen LogP contribution >= 0.6 is 11.8 Å². The normalized spacial score (nSPS) is 14.3. The van der Waals surface area contributed by atoms with Crippen molar-refractivity contribution < 1.29 is 29.0 Å². The zero-order valence-corrected chi connectivity index (χ0v) is 21.6. The number of hydrogen-bond donors (Lipinski definition) is 2. The van der Waals surface area contributed by atoms with Gasteiger partial charge in [-0.1, -0.05) is 35.4 Å². The van der Waals surface area contributed by atoms with Gasteiger partial charge in [-0.3, -0.25) is 19.3 Å². The van der Waals surface area contributed by atoms with Crippen molar-refractivity contribution in [2.45, 2.75) is 20.4 Å². The molecule has 0 saturated carbocycles. The minimum atomic E-state index is -0.553. The lowest BCUT2D eigenvalue weighted by molar-refractivity contribution is -0.123. The summed E-state index contributed by atoms with van der Waals surface area (Å²) in [7, 11) is 3.00. The number of aryl methyl sites for hydroxylation is 2. The van der Waals surface area contributed by atoms with Crippen molar-refractivity contribution in [3.63, 3.8) is 0 Å². The Morgan fingerprint density at radius 1 is 0.973 bits per heavy atom. The zero-order chi connectivity index (χ0) is 26.7. The third-order valence-corrected chi connectivity index (χ3v) is 6.61. The van der Waals surface area contributed by atoms with Gasteiger partial charge in [-0.15, -0.1) is 0 Å². The molecule has 3 amide bonds. The molecule has 9 heteroatoms. The van der Waals surface area contributed by atoms with Crippen molar-refractivity contribution in [3.8, 4) is 17.2 Å². The van der Waals surface area contributed by atoms with Crippen molar-refractivity contribution >= 4 is 40.6 Å². The number of rotatable bonds is 7. The van der Waals surface area contributed by atoms with Crippen LogP contribution in [0.15, 0.2) is 59.5 Å². The molecule has 0 bridgehead atoms. The van der Waals surface area contributed by atoms with E-state index in [2.05, 4.69) is 5.32 Å². The molecule has 2 N–H and O–H groups in total. The van der Waals surface area contributed by atoms with Gasteiger partial charge in [0, 0.05) is 11.8 Å². The van der Waals surface area contributed by atoms with Crippen LogP contribution in [-0.4, -0.2) is 41.3 Å². The van der Waals surface area contributed by atoms with Crippen LogP contribution in [0, 0.1) is 13.8 Å². The summed E-state index contributed by atoms with van der Waals surface area (Å²) in [5.41, 5.74) is 3.94. The summed E-state index contributed by atoms with van der Waals surface area (Å²) in [5.74, 6) is -0.230. The van der Waals surface area contributed by atoms with Gasteiger partial charge in [0.05, 0.1) is 31.2 Å². The van der Waals surface area contributed by atoms with Gasteiger partial charge in [-0.25, -0.2) is 0 Å². The van der Waals surface area contributed by atoms with E-state index < -0.39 is 11.8 Å². The van der Waals surface area contributed by atoms with Gasteiger partial charge in [0.1, 0.15) is 5.75 Å². The molecule has 190 valence electrons. The van der Waals surface area contributed by atoms with Crippen LogP contribution in [0.5, 0.6) is 17.2 Å². The molecule has 0 unspecified atom stereocenters. The largest absolute Gasteiger partial charge is 0.507 e. The summed E-state index contributed by atoms with van der Waals surface area (Å²) in [6, 6.07) is 15.2. The molecule has 3 aromatic rings. The fraction of sp³-hybridized carbons (Fsp3) is 0.179. The summed E-state index contributed by atoms with van der Waals surface area (Å²) in [6.45, 7) is 4.11. The highest BCUT2D eigenvalue weighted by Gasteiger charge is 2.35. The van der Waals surface area contributed by atoms with Crippen molar-refractivity contribution in [1.82, 2.24) is 4.90 Å². The lowest BCUT2D eigenvalue weighted by Gasteiger charge is -2.13. The van der Waals surface area contributed by atoms with E-state index in [-0.39, 0.29) is 28.0 Å². The van der Waals surface area contributed by atoms with Crippen molar-refractivity contribution in [2.24, 2.45) is 0 Å². The van der Waals surface area contributed by atoms with Gasteiger partial charge < -0.3 is 19.9 Å². The number of nitrogens with zero attached hydrogens (tertiary/aromatic N) is 1. The second-order valence-corrected chi connectivity index (χ2v) is 9.56. The summed E-state index contributed by atoms with van der Waals surface area (Å²) in [5, 5.41) is 12.7. The Labute approximate surface area is 218 Å². The number of aromatic hydroxyl groups is 1. The van der Waals surface area contributed by atoms with Gasteiger partial charge >= 0.3 is 0 Å². The minimum Gasteiger partial charge on any atom is -0.507 e. The predicted octanol–water partition coefficient (Wildman–Crippen LogP) is 5.52. The van der Waals surface area contributed by atoms with E-state index in [0.29, 0.717) is 22.7 Å². The minimum absolute atomic E-state index is 0.0120. The van der Waals surface area contributed by atoms with Crippen molar-refractivity contribution in [1.29, 1.82) is 0 Å². The SMILES string of the molecule is COc1ccc(NC(=O)c2cc(/C=C3/SC(=O)N(Cc4cc(C)cc(C)c4)C3=O)ccc2O)cc1OC. The number of benzene rings is 3. The van der Waals surface area contributed by atoms with E-state index >= 15 is 0 Å². The Morgan fingerprint density at radius 2 is 1.68 bits per heavy atom. The number of imide groups is 1. The number of amides is 3. The van der Waals surface area contributed by atoms with E-state index in [1.54, 1.807) is 30.3 Å². The van der Waals surface area contributed by atoms with Crippen LogP contribution in [0.4, 0.5) is 10.5 Å². The number of thioether (sulfide) groups is 1. The van der Waals surface area contributed by atoms with Crippen LogP contribution in [0.3, 0.4) is 0 Å². The highest BCUT2D eigenvalue weighted by Crippen LogP contribution is 2.34. The fourth-order valence-corrected chi connectivity index (χ4v) is 4.91. The molecule has 1 aliphatic heterocycles. The molecule has 0 radical (unpaired) electrons. The molecule has 0 spiro atoms. The van der Waals surface area contributed by atoms with Gasteiger partial charge in [-0.05, 0) is 67.1 Å². The number of carbonyl (C=O) groups excluding carboxylic acids is 3. The first-order chi connectivity index (χ1) is 17.7. The maximum atomic E-state index is 13.0. The average molecular weight is 519 g/mol. The Balaban J connectivity index is 1.54. The number of hydrogen-bond acceptors (Lipinski definition) is 7. The molecule has 1 heterocycles. The number of anilines is 1. The molecular formula is C28H26N2O6S. The lowest BCUT2D eigenvalue weighted by Crippen LogP contribution is -2.27. The predicted molar refractivity (Wildman–Crippen MR) is 143 cm³/mol. The van der Waals surface area contributed by atoms with Gasteiger partial charge in [-0.2, -0.15) is 0 Å². The van der Waals surface area contributed by atoms with E-state index in [4.69, 9.17) is 9.47 Å². The number of phenolic OH excluding ortho intramolecular Hbond substituents is 1. The Morgan fingerprint density at radius 3 is 2.35 bits per heavy atom. The first-order valence-electron chi connectivity index (χ1n) is 11.4. The van der Waals surface area contributed by atoms with Gasteiger partial charge in [0.25, 0.3) is 17.1 Å². The number of methoxy groups -OCH3 is 2. The summed E-state index contributed by atoms with van der Waals surface area (Å²) < 4.78 is 10.5. The third-order valence-electron chi connectivity index (χ3n) is 5.70. The van der Waals surface area contributed by atoms with E-state index in [1.165, 1.54) is 31.3 Å². The average Bonchev–Trinajstić information content (AvgIpc) is 3.11. The van der Waals surface area contributed by atoms with E-state index in [0.717, 1.165) is 28.5 Å². The second-order valence-electron chi connectivity index (χ2n) is 8.56. The van der Waals surface area contributed by atoms with Gasteiger partial charge in [0.15, 0.2) is 11.5 Å². The zero-order valence-electron chi connectivity index (χ0n) is 20.8. The molecule has 0 aliphatic carbocycles. The van der Waals surface area contributed by atoms with Crippen molar-refractivity contribution in [2.75, 3.05) is 19.5 Å². The van der Waals surface area contributed by atoms with Crippen LogP contribution in [0.2, 0.25) is 0 Å². The van der Waals surface area contributed by atoms with E-state index in [9.17, 15) is 19.5 Å². The number of phenols is 1. The highest BCUT2D eigenvalue weighted by molar-refractivity contribution is 8.18. The number of ether oxygens (including phenoxy) is 2. The molecule has 37 heavy (non-hydrogen) atoms. The van der Waals surface area contributed by atoms with Gasteiger partial charge in [0.2, 0.25) is 0 Å². The molecule has 0 atom stereocenters. The highest BCUT2D eigenvalue weighted by atomic mass is 32.2. The third kappa shape index (κ3) is 5.78. The first-order valence-corrected chi connectivity index (χ1v) is 12.2. The Bertz CT molecular complexity index is 1410. The fourth-order valence-electron chi connectivity index (χ4n) is 4.07. The first kappa shape index (κ1) is 25.8. The monoisotopic (exact) mass is 518 g/mol. The van der Waals surface area contributed by atoms with E-state index in [1.807, 2.05) is 32.0 Å². The Kier molecular flexibility index (Phi) is 7.54. The molecular weight excluding hydrogens is 492 g/mol. The molecule has 3 aromatic carbocycles. The summed E-state index contributed by atoms with van der Waals surface area (Å²) in [6.07, 6.45) is 1.54. The molecule has 1 aliphatic rings. The number of carbonyl (C=O) groups is 3. The maximum absolute atomic E-state index is 13.0. The number of nitrogens with one attached hydrogen (secondary N) is 1. The van der Waals surface area contributed by atoms with Crippen LogP contribution in [0.1, 0.15) is 32.6 Å². The summed E-state index contributed by atoms with van der Waals surface area (Å²) >= 11 is 0.843. The topological polar surface area (TPSA) is 105 Å². The molecule has 1 fully saturated rings. The molecule has 8 nitrogen and oxygen atoms in total. The van der Waals surface area contributed by atoms with Crippen LogP contribution in [-0.2, 0) is 11.3 Å². The molecule has 4 rings (SSSR count). The van der Waals surface area contributed by atoms with Crippen LogP contribution in [0.25, 0.3) is 6.08 Å². The quantitative estimate of drug-likeness (QED) is 0.397. The van der Waals surface area contributed by atoms with Crippen molar-refractivity contribution in [3.05, 3.63) is 87.3 Å². The second kappa shape index (κ2) is 10.8. The Hall–Kier alpha value is -4.24. The smallest absolute Gasteiger partial charge is 0.293 e. The molecule has 1 saturated heterocycles. The maximum Gasteiger partial charge on any atom is 0.293 e. The molecule has 0 aromatic heterocycles. The summed E-state index contributed by atoms with van der Waals surface area (Å²) in [4.78, 5) is 39.9.